The van der Waals surface area contributed by atoms with E-state index < -0.39 is 9.84 Å². The molecular weight excluding hydrogens is 366 g/mol. The normalized spacial score (nSPS) is 11.2. The number of benzene rings is 2. The second-order valence-corrected chi connectivity index (χ2v) is 8.04. The van der Waals surface area contributed by atoms with Crippen LogP contribution in [0.25, 0.3) is 0 Å². The summed E-state index contributed by atoms with van der Waals surface area (Å²) in [7, 11) is -1.48. The van der Waals surface area contributed by atoms with Crippen LogP contribution in [-0.2, 0) is 23.5 Å². The van der Waals surface area contributed by atoms with E-state index in [9.17, 15) is 13.2 Å². The number of hydrogen-bond acceptors (Lipinski definition) is 5. The number of aromatic nitrogens is 2. The predicted octanol–water partition coefficient (Wildman–Crippen LogP) is 2.65. The Labute approximate surface area is 157 Å². The third kappa shape index (κ3) is 4.73. The van der Waals surface area contributed by atoms with Gasteiger partial charge in [0.25, 0.3) is 5.91 Å². The molecule has 0 bridgehead atoms. The molecule has 0 aliphatic rings. The van der Waals surface area contributed by atoms with Gasteiger partial charge in [-0.15, -0.1) is 0 Å². The molecular formula is C19H19N3O4S. The molecule has 1 amide bonds. The maximum atomic E-state index is 12.3. The summed E-state index contributed by atoms with van der Waals surface area (Å²) >= 11 is 0. The molecule has 2 aromatic carbocycles. The fraction of sp³-hybridized carbons (Fsp3) is 0.158. The Morgan fingerprint density at radius 3 is 2.56 bits per heavy atom. The van der Waals surface area contributed by atoms with Crippen molar-refractivity contribution < 1.29 is 17.9 Å². The molecule has 0 spiro atoms. The Bertz CT molecular complexity index is 1060. The molecule has 0 saturated carbocycles. The molecule has 1 aromatic heterocycles. The third-order valence-electron chi connectivity index (χ3n) is 3.93. The maximum absolute atomic E-state index is 12.3. The molecule has 0 aliphatic carbocycles. The highest BCUT2D eigenvalue weighted by Gasteiger charge is 2.12. The second-order valence-electron chi connectivity index (χ2n) is 6.02. The van der Waals surface area contributed by atoms with Crippen molar-refractivity contribution in [3.05, 3.63) is 72.3 Å². The summed E-state index contributed by atoms with van der Waals surface area (Å²) in [6.07, 6.45) is 4.65. The van der Waals surface area contributed by atoms with Gasteiger partial charge in [0.05, 0.1) is 4.90 Å². The van der Waals surface area contributed by atoms with Gasteiger partial charge in [-0.2, -0.15) is 0 Å². The van der Waals surface area contributed by atoms with Crippen molar-refractivity contribution in [2.75, 3.05) is 11.6 Å². The summed E-state index contributed by atoms with van der Waals surface area (Å²) in [6.45, 7) is 0.341. The van der Waals surface area contributed by atoms with Gasteiger partial charge < -0.3 is 14.6 Å². The monoisotopic (exact) mass is 385 g/mol. The lowest BCUT2D eigenvalue weighted by atomic mass is 10.2. The number of sulfone groups is 1. The molecule has 1 N–H and O–H groups in total. The van der Waals surface area contributed by atoms with E-state index in [1.807, 2.05) is 17.8 Å². The van der Waals surface area contributed by atoms with Crippen LogP contribution in [0, 0.1) is 0 Å². The molecule has 1 heterocycles. The van der Waals surface area contributed by atoms with E-state index in [4.69, 9.17) is 4.74 Å². The highest BCUT2D eigenvalue weighted by molar-refractivity contribution is 7.90. The van der Waals surface area contributed by atoms with Crippen LogP contribution >= 0.6 is 0 Å². The van der Waals surface area contributed by atoms with Crippen LogP contribution < -0.4 is 10.1 Å². The van der Waals surface area contributed by atoms with E-state index in [0.29, 0.717) is 18.0 Å². The number of carbonyl (C=O) groups is 1. The van der Waals surface area contributed by atoms with Crippen LogP contribution in [0.5, 0.6) is 5.75 Å². The zero-order valence-electron chi connectivity index (χ0n) is 14.9. The first kappa shape index (κ1) is 18.7. The molecule has 7 nitrogen and oxygen atoms in total. The van der Waals surface area contributed by atoms with Crippen molar-refractivity contribution in [2.24, 2.45) is 7.05 Å². The number of aryl methyl sites for hydroxylation is 1. The average molecular weight is 385 g/mol. The van der Waals surface area contributed by atoms with E-state index in [1.54, 1.807) is 42.6 Å². The van der Waals surface area contributed by atoms with Crippen molar-refractivity contribution >= 4 is 21.4 Å². The Balaban J connectivity index is 1.64. The minimum absolute atomic E-state index is 0.105. The molecule has 0 saturated heterocycles. The molecule has 0 radical (unpaired) electrons. The molecule has 0 fully saturated rings. The lowest BCUT2D eigenvalue weighted by Gasteiger charge is -2.09. The van der Waals surface area contributed by atoms with Crippen molar-refractivity contribution in [1.82, 2.24) is 9.55 Å². The van der Waals surface area contributed by atoms with Crippen LogP contribution in [0.1, 0.15) is 16.2 Å². The van der Waals surface area contributed by atoms with Crippen LogP contribution in [0.4, 0.5) is 5.69 Å². The molecule has 140 valence electrons. The highest BCUT2D eigenvalue weighted by atomic mass is 32.2. The molecule has 3 aromatic rings. The summed E-state index contributed by atoms with van der Waals surface area (Å²) in [5, 5.41) is 2.74. The van der Waals surface area contributed by atoms with Gasteiger partial charge in [-0.25, -0.2) is 13.4 Å². The van der Waals surface area contributed by atoms with E-state index in [1.165, 1.54) is 12.1 Å². The smallest absolute Gasteiger partial charge is 0.255 e. The van der Waals surface area contributed by atoms with E-state index >= 15 is 0 Å². The first-order valence-corrected chi connectivity index (χ1v) is 10.0. The molecule has 3 rings (SSSR count). The zero-order valence-corrected chi connectivity index (χ0v) is 15.7. The first-order chi connectivity index (χ1) is 12.8. The minimum Gasteiger partial charge on any atom is -0.486 e. The summed E-state index contributed by atoms with van der Waals surface area (Å²) in [6, 6.07) is 12.8. The van der Waals surface area contributed by atoms with Gasteiger partial charge in [-0.1, -0.05) is 6.07 Å². The lowest BCUT2D eigenvalue weighted by molar-refractivity contribution is 0.102. The van der Waals surface area contributed by atoms with Gasteiger partial charge in [0.15, 0.2) is 9.84 Å². The van der Waals surface area contributed by atoms with Crippen molar-refractivity contribution in [1.29, 1.82) is 0 Å². The quantitative estimate of drug-likeness (QED) is 0.704. The Hall–Kier alpha value is -3.13. The van der Waals surface area contributed by atoms with Crippen LogP contribution in [0.2, 0.25) is 0 Å². The van der Waals surface area contributed by atoms with Gasteiger partial charge in [0.2, 0.25) is 0 Å². The van der Waals surface area contributed by atoms with Crippen molar-refractivity contribution in [3.8, 4) is 5.75 Å². The number of nitrogens with one attached hydrogen (secondary N) is 1. The van der Waals surface area contributed by atoms with Crippen molar-refractivity contribution in [3.63, 3.8) is 0 Å². The summed E-state index contributed by atoms with van der Waals surface area (Å²) in [5.74, 6) is 1.07. The SMILES string of the molecule is Cn1ccnc1COc1ccc(NC(=O)c2cccc(S(C)(=O)=O)c2)cc1. The number of nitrogens with zero attached hydrogens (tertiary/aromatic N) is 2. The fourth-order valence-corrected chi connectivity index (χ4v) is 3.06. The summed E-state index contributed by atoms with van der Waals surface area (Å²) in [4.78, 5) is 16.6. The van der Waals surface area contributed by atoms with E-state index in [-0.39, 0.29) is 16.4 Å². The van der Waals surface area contributed by atoms with Gasteiger partial charge in [0.1, 0.15) is 18.2 Å². The van der Waals surface area contributed by atoms with Gasteiger partial charge in [-0.05, 0) is 42.5 Å². The third-order valence-corrected chi connectivity index (χ3v) is 5.04. The summed E-state index contributed by atoms with van der Waals surface area (Å²) < 4.78 is 30.8. The largest absolute Gasteiger partial charge is 0.486 e. The number of carbonyl (C=O) groups excluding carboxylic acids is 1. The van der Waals surface area contributed by atoms with Gasteiger partial charge in [0, 0.05) is 36.9 Å². The van der Waals surface area contributed by atoms with E-state index in [2.05, 4.69) is 10.3 Å². The van der Waals surface area contributed by atoms with Gasteiger partial charge in [-0.3, -0.25) is 4.79 Å². The minimum atomic E-state index is -3.37. The maximum Gasteiger partial charge on any atom is 0.255 e. The fourth-order valence-electron chi connectivity index (χ4n) is 2.39. The number of ether oxygens (including phenoxy) is 1. The van der Waals surface area contributed by atoms with Crippen LogP contribution in [0.15, 0.2) is 65.8 Å². The molecule has 0 atom stereocenters. The Morgan fingerprint density at radius 1 is 1.19 bits per heavy atom. The standard InChI is InChI=1S/C19H19N3O4S/c1-22-11-10-20-18(22)13-26-16-8-6-15(7-9-16)21-19(23)14-4-3-5-17(12-14)27(2,24)25/h3-12H,13H2,1-2H3,(H,21,23). The Kier molecular flexibility index (Phi) is 5.27. The molecule has 8 heteroatoms. The van der Waals surface area contributed by atoms with Crippen LogP contribution in [-0.4, -0.2) is 30.1 Å². The Morgan fingerprint density at radius 2 is 1.93 bits per heavy atom. The number of imidazole rings is 1. The van der Waals surface area contributed by atoms with Gasteiger partial charge >= 0.3 is 0 Å². The number of amides is 1. The zero-order chi connectivity index (χ0) is 19.4. The number of rotatable bonds is 6. The molecule has 0 aliphatic heterocycles. The average Bonchev–Trinajstić information content (AvgIpc) is 3.05. The topological polar surface area (TPSA) is 90.3 Å². The summed E-state index contributed by atoms with van der Waals surface area (Å²) in [5.41, 5.74) is 0.849. The van der Waals surface area contributed by atoms with Crippen molar-refractivity contribution in [2.45, 2.75) is 11.5 Å². The second kappa shape index (κ2) is 7.63. The highest BCUT2D eigenvalue weighted by Crippen LogP contribution is 2.18. The molecule has 0 unspecified atom stereocenters. The van der Waals surface area contributed by atoms with Crippen LogP contribution in [0.3, 0.4) is 0 Å². The molecule has 27 heavy (non-hydrogen) atoms. The number of anilines is 1. The number of hydrogen-bond donors (Lipinski definition) is 1. The first-order valence-electron chi connectivity index (χ1n) is 8.13. The lowest BCUT2D eigenvalue weighted by Crippen LogP contribution is -2.12. The van der Waals surface area contributed by atoms with E-state index in [0.717, 1.165) is 12.1 Å². The predicted molar refractivity (Wildman–Crippen MR) is 101 cm³/mol.